The first-order valence-electron chi connectivity index (χ1n) is 12.1. The van der Waals surface area contributed by atoms with Crippen LogP contribution >= 0.6 is 0 Å². The third kappa shape index (κ3) is 4.67. The van der Waals surface area contributed by atoms with Crippen molar-refractivity contribution in [1.29, 1.82) is 0 Å². The van der Waals surface area contributed by atoms with Gasteiger partial charge in [-0.2, -0.15) is 0 Å². The molecule has 1 fully saturated rings. The monoisotopic (exact) mass is 467 g/mol. The van der Waals surface area contributed by atoms with Crippen molar-refractivity contribution in [3.05, 3.63) is 88.9 Å². The van der Waals surface area contributed by atoms with Crippen LogP contribution in [-0.2, 0) is 0 Å². The molecule has 3 N–H and O–H groups in total. The van der Waals surface area contributed by atoms with Crippen molar-refractivity contribution in [2.24, 2.45) is 0 Å². The lowest BCUT2D eigenvalue weighted by molar-refractivity contribution is 0.0925. The summed E-state index contributed by atoms with van der Waals surface area (Å²) in [5.74, 6) is 0.610. The summed E-state index contributed by atoms with van der Waals surface area (Å²) in [6, 6.07) is 15.6. The van der Waals surface area contributed by atoms with E-state index in [4.69, 9.17) is 0 Å². The Labute approximate surface area is 204 Å². The molecular weight excluding hydrogens is 438 g/mol. The molecule has 1 amide bonds. The molecule has 0 radical (unpaired) electrons. The molecule has 35 heavy (non-hydrogen) atoms. The molecule has 0 bridgehead atoms. The number of ketones is 1. The fourth-order valence-electron chi connectivity index (χ4n) is 4.89. The third-order valence-corrected chi connectivity index (χ3v) is 6.90. The Kier molecular flexibility index (Phi) is 6.31. The second-order valence-corrected chi connectivity index (χ2v) is 9.27. The predicted molar refractivity (Wildman–Crippen MR) is 137 cm³/mol. The Bertz CT molecular complexity index is 1390. The molecule has 5 rings (SSSR count). The van der Waals surface area contributed by atoms with Crippen LogP contribution in [0.2, 0.25) is 0 Å². The molecule has 7 nitrogen and oxygen atoms in total. The van der Waals surface area contributed by atoms with Crippen LogP contribution < -0.4 is 10.6 Å². The van der Waals surface area contributed by atoms with Crippen LogP contribution in [0.1, 0.15) is 63.1 Å². The van der Waals surface area contributed by atoms with E-state index in [-0.39, 0.29) is 23.8 Å². The van der Waals surface area contributed by atoms with Crippen molar-refractivity contribution in [3.8, 4) is 0 Å². The highest BCUT2D eigenvalue weighted by Crippen LogP contribution is 2.29. The minimum absolute atomic E-state index is 0.0105. The molecule has 178 valence electrons. The van der Waals surface area contributed by atoms with E-state index in [1.54, 1.807) is 6.20 Å². The predicted octanol–water partition coefficient (Wildman–Crippen LogP) is 4.96. The number of carbonyl (C=O) groups is 2. The van der Waals surface area contributed by atoms with Gasteiger partial charge < -0.3 is 15.6 Å². The number of nitrogens with one attached hydrogen (secondary N) is 3. The Morgan fingerprint density at radius 2 is 1.46 bits per heavy atom. The zero-order valence-electron chi connectivity index (χ0n) is 20.0. The quantitative estimate of drug-likeness (QED) is 0.348. The highest BCUT2D eigenvalue weighted by molar-refractivity contribution is 6.18. The third-order valence-electron chi connectivity index (χ3n) is 6.90. The molecule has 0 saturated heterocycles. The number of carbonyl (C=O) groups excluding carboxylic acids is 2. The van der Waals surface area contributed by atoms with E-state index in [9.17, 15) is 9.59 Å². The van der Waals surface area contributed by atoms with Crippen molar-refractivity contribution < 1.29 is 9.59 Å². The lowest BCUT2D eigenvalue weighted by Crippen LogP contribution is -2.40. The van der Waals surface area contributed by atoms with Gasteiger partial charge in [0.05, 0.1) is 10.9 Å². The summed E-state index contributed by atoms with van der Waals surface area (Å²) in [6.45, 7) is 3.89. The number of benzene rings is 2. The van der Waals surface area contributed by atoms with E-state index in [0.717, 1.165) is 47.8 Å². The average molecular weight is 468 g/mol. The summed E-state index contributed by atoms with van der Waals surface area (Å²) in [5, 5.41) is 7.46. The molecular formula is C28H29N5O2. The van der Waals surface area contributed by atoms with Gasteiger partial charge >= 0.3 is 0 Å². The van der Waals surface area contributed by atoms with E-state index < -0.39 is 0 Å². The molecule has 4 aromatic rings. The van der Waals surface area contributed by atoms with Gasteiger partial charge in [-0.1, -0.05) is 42.5 Å². The summed E-state index contributed by atoms with van der Waals surface area (Å²) in [5.41, 5.74) is 4.53. The van der Waals surface area contributed by atoms with Gasteiger partial charge in [-0.3, -0.25) is 9.59 Å². The van der Waals surface area contributed by atoms with Crippen molar-refractivity contribution >= 4 is 28.5 Å². The number of hydrogen-bond donors (Lipinski definition) is 3. The number of H-pyrrole nitrogens is 1. The maximum atomic E-state index is 13.3. The van der Waals surface area contributed by atoms with E-state index >= 15 is 0 Å². The zero-order valence-corrected chi connectivity index (χ0v) is 20.0. The molecule has 1 saturated carbocycles. The molecule has 0 unspecified atom stereocenters. The van der Waals surface area contributed by atoms with Gasteiger partial charge in [0.2, 0.25) is 0 Å². The first kappa shape index (κ1) is 22.8. The van der Waals surface area contributed by atoms with E-state index in [1.807, 2.05) is 62.4 Å². The standard InChI is InChI=1S/C28H29N5O2/c1-17-7-3-5-9-21(17)25(34)23-15-29-26-24(23)27(31-16-30-26)32-19-11-13-20(14-12-19)33-28(35)22-10-6-4-8-18(22)2/h3-10,15-16,19-20H,11-14H2,1-2H3,(H,33,35)(H2,29,30,31,32). The van der Waals surface area contributed by atoms with Gasteiger partial charge in [0.15, 0.2) is 5.78 Å². The fourth-order valence-corrected chi connectivity index (χ4v) is 4.89. The van der Waals surface area contributed by atoms with Crippen LogP contribution in [0.5, 0.6) is 0 Å². The van der Waals surface area contributed by atoms with Crippen molar-refractivity contribution in [3.63, 3.8) is 0 Å². The van der Waals surface area contributed by atoms with Gasteiger partial charge in [-0.15, -0.1) is 0 Å². The molecule has 1 aliphatic carbocycles. The van der Waals surface area contributed by atoms with Crippen LogP contribution in [-0.4, -0.2) is 38.7 Å². The lowest BCUT2D eigenvalue weighted by atomic mass is 9.90. The van der Waals surface area contributed by atoms with Crippen molar-refractivity contribution in [1.82, 2.24) is 20.3 Å². The summed E-state index contributed by atoms with van der Waals surface area (Å²) in [4.78, 5) is 38.0. The number of nitrogens with zero attached hydrogens (tertiary/aromatic N) is 2. The van der Waals surface area contributed by atoms with Crippen LogP contribution in [0.15, 0.2) is 61.1 Å². The Morgan fingerprint density at radius 3 is 2.14 bits per heavy atom. The topological polar surface area (TPSA) is 99.8 Å². The van der Waals surface area contributed by atoms with Crippen molar-refractivity contribution in [2.75, 3.05) is 5.32 Å². The van der Waals surface area contributed by atoms with Gasteiger partial charge in [0, 0.05) is 29.4 Å². The summed E-state index contributed by atoms with van der Waals surface area (Å²) in [6.07, 6.45) is 6.79. The van der Waals surface area contributed by atoms with E-state index in [0.29, 0.717) is 22.6 Å². The molecule has 2 aromatic carbocycles. The van der Waals surface area contributed by atoms with Crippen LogP contribution in [0.3, 0.4) is 0 Å². The minimum atomic E-state index is -0.0465. The van der Waals surface area contributed by atoms with Crippen LogP contribution in [0.4, 0.5) is 5.82 Å². The molecule has 0 spiro atoms. The summed E-state index contributed by atoms with van der Waals surface area (Å²) >= 11 is 0. The number of hydrogen-bond acceptors (Lipinski definition) is 5. The number of aryl methyl sites for hydroxylation is 2. The number of rotatable bonds is 6. The maximum absolute atomic E-state index is 13.3. The Balaban J connectivity index is 1.28. The number of anilines is 1. The van der Waals surface area contributed by atoms with E-state index in [1.165, 1.54) is 6.33 Å². The first-order valence-corrected chi connectivity index (χ1v) is 12.1. The normalized spacial score (nSPS) is 17.8. The van der Waals surface area contributed by atoms with Crippen LogP contribution in [0, 0.1) is 13.8 Å². The van der Waals surface area contributed by atoms with E-state index in [2.05, 4.69) is 25.6 Å². The first-order chi connectivity index (χ1) is 17.0. The molecule has 0 atom stereocenters. The zero-order chi connectivity index (χ0) is 24.4. The lowest BCUT2D eigenvalue weighted by Gasteiger charge is -2.30. The second kappa shape index (κ2) is 9.70. The molecule has 1 aliphatic rings. The average Bonchev–Trinajstić information content (AvgIpc) is 3.31. The molecule has 7 heteroatoms. The van der Waals surface area contributed by atoms with Gasteiger partial charge in [0.25, 0.3) is 5.91 Å². The summed E-state index contributed by atoms with van der Waals surface area (Å²) < 4.78 is 0. The van der Waals surface area contributed by atoms with Crippen LogP contribution in [0.25, 0.3) is 11.0 Å². The number of fused-ring (bicyclic) bond motifs is 1. The SMILES string of the molecule is Cc1ccccc1C(=O)NC1CCC(Nc2ncnc3[nH]cc(C(=O)c4ccccc4C)c23)CC1. The number of aromatic amines is 1. The number of aromatic nitrogens is 3. The highest BCUT2D eigenvalue weighted by atomic mass is 16.1. The maximum Gasteiger partial charge on any atom is 0.251 e. The van der Waals surface area contributed by atoms with Gasteiger partial charge in [-0.05, 0) is 56.7 Å². The van der Waals surface area contributed by atoms with Crippen molar-refractivity contribution in [2.45, 2.75) is 51.6 Å². The fraction of sp³-hybridized carbons (Fsp3) is 0.286. The van der Waals surface area contributed by atoms with Gasteiger partial charge in [0.1, 0.15) is 17.8 Å². The molecule has 2 aromatic heterocycles. The highest BCUT2D eigenvalue weighted by Gasteiger charge is 2.25. The largest absolute Gasteiger partial charge is 0.367 e. The smallest absolute Gasteiger partial charge is 0.251 e. The molecule has 2 heterocycles. The number of amides is 1. The second-order valence-electron chi connectivity index (χ2n) is 9.27. The Hall–Kier alpha value is -4.00. The molecule has 0 aliphatic heterocycles. The summed E-state index contributed by atoms with van der Waals surface area (Å²) in [7, 11) is 0. The van der Waals surface area contributed by atoms with Gasteiger partial charge in [-0.25, -0.2) is 9.97 Å². The Morgan fingerprint density at radius 1 is 0.829 bits per heavy atom. The minimum Gasteiger partial charge on any atom is -0.367 e.